The van der Waals surface area contributed by atoms with Gasteiger partial charge in [0.1, 0.15) is 0 Å². The van der Waals surface area contributed by atoms with Crippen LogP contribution in [0.4, 0.5) is 0 Å². The summed E-state index contributed by atoms with van der Waals surface area (Å²) in [5.41, 5.74) is 2.14. The molecule has 0 saturated carbocycles. The molecule has 6 nitrogen and oxygen atoms in total. The minimum atomic E-state index is -0.0685. The Morgan fingerprint density at radius 3 is 2.53 bits per heavy atom. The molecule has 1 unspecified atom stereocenters. The van der Waals surface area contributed by atoms with E-state index >= 15 is 0 Å². The first-order chi connectivity index (χ1) is 14.2. The number of carbonyl (C=O) groups is 2. The molecule has 0 aliphatic carbocycles. The lowest BCUT2D eigenvalue weighted by atomic mass is 10.0. The minimum Gasteiger partial charge on any atom is -0.339 e. The van der Waals surface area contributed by atoms with Crippen molar-refractivity contribution in [1.29, 1.82) is 0 Å². The van der Waals surface area contributed by atoms with Crippen molar-refractivity contribution in [2.45, 2.75) is 32.7 Å². The molecule has 0 spiro atoms. The molecule has 0 bridgehead atoms. The van der Waals surface area contributed by atoms with Crippen molar-refractivity contribution in [3.05, 3.63) is 65.5 Å². The predicted molar refractivity (Wildman–Crippen MR) is 121 cm³/mol. The molecule has 162 valence electrons. The van der Waals surface area contributed by atoms with Gasteiger partial charge in [0.25, 0.3) is 11.8 Å². The molecule has 1 fully saturated rings. The van der Waals surface area contributed by atoms with E-state index in [9.17, 15) is 9.59 Å². The summed E-state index contributed by atoms with van der Waals surface area (Å²) in [6.07, 6.45) is 5.38. The summed E-state index contributed by atoms with van der Waals surface area (Å²) >= 11 is 0. The maximum absolute atomic E-state index is 13.3. The second-order valence-electron chi connectivity index (χ2n) is 7.38. The summed E-state index contributed by atoms with van der Waals surface area (Å²) in [4.78, 5) is 34.2. The molecule has 3 rings (SSSR count). The maximum Gasteiger partial charge on any atom is 0.254 e. The number of halogens is 1. The molecule has 1 aromatic heterocycles. The normalized spacial score (nSPS) is 15.9. The average molecular weight is 431 g/mol. The molecule has 1 aromatic carbocycles. The number of hydrogen-bond acceptors (Lipinski definition) is 4. The van der Waals surface area contributed by atoms with E-state index in [0.29, 0.717) is 24.2 Å². The molecule has 7 heteroatoms. The van der Waals surface area contributed by atoms with Crippen LogP contribution >= 0.6 is 12.4 Å². The quantitative estimate of drug-likeness (QED) is 0.729. The number of nitrogens with one attached hydrogen (secondary N) is 1. The molecule has 1 atom stereocenters. The number of piperazine rings is 1. The Bertz CT molecular complexity index is 825. The Morgan fingerprint density at radius 1 is 1.13 bits per heavy atom. The number of hydrogen-bond donors (Lipinski definition) is 1. The fourth-order valence-corrected chi connectivity index (χ4v) is 3.81. The van der Waals surface area contributed by atoms with Crippen molar-refractivity contribution in [3.8, 4) is 0 Å². The summed E-state index contributed by atoms with van der Waals surface area (Å²) in [6, 6.07) is 11.0. The van der Waals surface area contributed by atoms with Crippen LogP contribution in [0.1, 0.15) is 59.0 Å². The second-order valence-corrected chi connectivity index (χ2v) is 7.38. The Balaban J connectivity index is 0.00000320. The predicted octanol–water partition coefficient (Wildman–Crippen LogP) is 3.55. The van der Waals surface area contributed by atoms with Gasteiger partial charge in [0.05, 0.1) is 6.04 Å². The zero-order valence-electron chi connectivity index (χ0n) is 17.7. The van der Waals surface area contributed by atoms with Gasteiger partial charge >= 0.3 is 0 Å². The fourth-order valence-electron chi connectivity index (χ4n) is 3.81. The monoisotopic (exact) mass is 430 g/mol. The van der Waals surface area contributed by atoms with Crippen LogP contribution < -0.4 is 5.32 Å². The summed E-state index contributed by atoms with van der Waals surface area (Å²) in [5.74, 6) is -0.0555. The van der Waals surface area contributed by atoms with Crippen molar-refractivity contribution >= 4 is 24.2 Å². The van der Waals surface area contributed by atoms with Crippen molar-refractivity contribution in [3.63, 3.8) is 0 Å². The van der Waals surface area contributed by atoms with E-state index in [2.05, 4.69) is 24.1 Å². The van der Waals surface area contributed by atoms with Gasteiger partial charge in [-0.25, -0.2) is 0 Å². The van der Waals surface area contributed by atoms with Gasteiger partial charge in [0.15, 0.2) is 0 Å². The second kappa shape index (κ2) is 11.7. The molecular formula is C23H31ClN4O2. The van der Waals surface area contributed by atoms with Crippen LogP contribution in [0.25, 0.3) is 0 Å². The lowest BCUT2D eigenvalue weighted by molar-refractivity contribution is 0.0634. The molecule has 0 radical (unpaired) electrons. The highest BCUT2D eigenvalue weighted by atomic mass is 35.5. The number of nitrogens with zero attached hydrogens (tertiary/aromatic N) is 3. The highest BCUT2D eigenvalue weighted by Gasteiger charge is 2.29. The van der Waals surface area contributed by atoms with Gasteiger partial charge in [-0.1, -0.05) is 26.0 Å². The van der Waals surface area contributed by atoms with Gasteiger partial charge in [0, 0.05) is 56.2 Å². The molecule has 2 heterocycles. The molecule has 2 amide bonds. The van der Waals surface area contributed by atoms with Gasteiger partial charge in [-0.15, -0.1) is 12.4 Å². The van der Waals surface area contributed by atoms with Crippen LogP contribution in [0.3, 0.4) is 0 Å². The van der Waals surface area contributed by atoms with E-state index in [1.54, 1.807) is 30.5 Å². The van der Waals surface area contributed by atoms with Gasteiger partial charge in [-0.2, -0.15) is 0 Å². The molecule has 1 saturated heterocycles. The van der Waals surface area contributed by atoms with Crippen LogP contribution in [0.15, 0.2) is 48.8 Å². The third-order valence-electron chi connectivity index (χ3n) is 5.20. The Hall–Kier alpha value is -2.44. The molecule has 1 aliphatic rings. The van der Waals surface area contributed by atoms with Crippen LogP contribution in [0.2, 0.25) is 0 Å². The van der Waals surface area contributed by atoms with Crippen molar-refractivity contribution in [2.24, 2.45) is 0 Å². The Morgan fingerprint density at radius 2 is 1.87 bits per heavy atom. The van der Waals surface area contributed by atoms with Crippen molar-refractivity contribution < 1.29 is 9.59 Å². The molecule has 2 aromatic rings. The summed E-state index contributed by atoms with van der Waals surface area (Å²) in [7, 11) is 0. The number of benzene rings is 1. The fraction of sp³-hybridized carbons (Fsp3) is 0.435. The van der Waals surface area contributed by atoms with Crippen LogP contribution in [0, 0.1) is 0 Å². The largest absolute Gasteiger partial charge is 0.339 e. The number of aromatic nitrogens is 1. The van der Waals surface area contributed by atoms with Crippen molar-refractivity contribution in [2.75, 3.05) is 32.7 Å². The molecule has 1 aliphatic heterocycles. The molecule has 1 N–H and O–H groups in total. The zero-order chi connectivity index (χ0) is 20.6. The molecule has 30 heavy (non-hydrogen) atoms. The number of carbonyl (C=O) groups excluding carboxylic acids is 2. The van der Waals surface area contributed by atoms with Crippen LogP contribution in [-0.2, 0) is 0 Å². The van der Waals surface area contributed by atoms with Crippen LogP contribution in [0.5, 0.6) is 0 Å². The van der Waals surface area contributed by atoms with E-state index in [1.165, 1.54) is 0 Å². The Kier molecular flexibility index (Phi) is 9.27. The Labute approximate surface area is 185 Å². The summed E-state index contributed by atoms with van der Waals surface area (Å²) < 4.78 is 0. The average Bonchev–Trinajstić information content (AvgIpc) is 2.78. The van der Waals surface area contributed by atoms with Crippen molar-refractivity contribution in [1.82, 2.24) is 20.1 Å². The van der Waals surface area contributed by atoms with E-state index in [0.717, 1.165) is 38.0 Å². The van der Waals surface area contributed by atoms with E-state index in [-0.39, 0.29) is 30.3 Å². The van der Waals surface area contributed by atoms with Gasteiger partial charge in [-0.3, -0.25) is 14.6 Å². The first-order valence-electron chi connectivity index (χ1n) is 10.5. The lowest BCUT2D eigenvalue weighted by Crippen LogP contribution is -2.48. The third kappa shape index (κ3) is 5.58. The van der Waals surface area contributed by atoms with Gasteiger partial charge in [-0.05, 0) is 42.7 Å². The van der Waals surface area contributed by atoms with E-state index in [1.807, 2.05) is 28.1 Å². The molecular weight excluding hydrogens is 400 g/mol. The third-order valence-corrected chi connectivity index (χ3v) is 5.20. The van der Waals surface area contributed by atoms with E-state index < -0.39 is 0 Å². The minimum absolute atomic E-state index is 0. The topological polar surface area (TPSA) is 65.5 Å². The van der Waals surface area contributed by atoms with Crippen LogP contribution in [-0.4, -0.2) is 59.3 Å². The van der Waals surface area contributed by atoms with E-state index in [4.69, 9.17) is 0 Å². The number of pyridine rings is 1. The highest BCUT2D eigenvalue weighted by Crippen LogP contribution is 2.24. The maximum atomic E-state index is 13.3. The number of amides is 2. The highest BCUT2D eigenvalue weighted by molar-refractivity contribution is 5.99. The summed E-state index contributed by atoms with van der Waals surface area (Å²) in [5, 5.41) is 3.36. The standard InChI is InChI=1S/C23H30N4O2.ClH/c1-3-12-26(13-4-2)22(28)18-7-5-8-19(15-18)23(29)27-14-11-25-17-21(27)20-9-6-10-24-16-20;/h5-10,15-16,21,25H,3-4,11-14,17H2,1-2H3;1H. The smallest absolute Gasteiger partial charge is 0.254 e. The van der Waals surface area contributed by atoms with Gasteiger partial charge in [0.2, 0.25) is 0 Å². The first kappa shape index (κ1) is 23.8. The summed E-state index contributed by atoms with van der Waals surface area (Å²) in [6.45, 7) is 7.66. The first-order valence-corrected chi connectivity index (χ1v) is 10.5. The zero-order valence-corrected chi connectivity index (χ0v) is 18.5. The number of rotatable bonds is 7. The van der Waals surface area contributed by atoms with Gasteiger partial charge < -0.3 is 15.1 Å². The lowest BCUT2D eigenvalue weighted by Gasteiger charge is -2.36. The SMILES string of the molecule is CCCN(CCC)C(=O)c1cccc(C(=O)N2CCNCC2c2cccnc2)c1.Cl.